The molecule has 0 radical (unpaired) electrons. The van der Waals surface area contributed by atoms with Crippen molar-refractivity contribution in [3.63, 3.8) is 0 Å². The minimum atomic E-state index is -1.01. The normalized spacial score (nSPS) is 13.4. The van der Waals surface area contributed by atoms with E-state index in [0.29, 0.717) is 16.1 Å². The summed E-state index contributed by atoms with van der Waals surface area (Å²) in [6.07, 6.45) is -0.252. The SMILES string of the molecule is CC(C)(C)c1cc(Cl)cc(C(N)CC(=O)O)c1O. The standard InChI is InChI=1S/C13H18ClNO3/c1-13(2,3)9-5-7(14)4-8(12(9)18)10(15)6-11(16)17/h4-5,10,18H,6,15H2,1-3H3,(H,16,17). The highest BCUT2D eigenvalue weighted by Gasteiger charge is 2.24. The third-order valence-corrected chi connectivity index (χ3v) is 2.92. The first-order valence-corrected chi connectivity index (χ1v) is 6.01. The number of aliphatic carboxylic acids is 1. The van der Waals surface area contributed by atoms with E-state index >= 15 is 0 Å². The number of nitrogens with two attached hydrogens (primary N) is 1. The first-order valence-electron chi connectivity index (χ1n) is 5.63. The van der Waals surface area contributed by atoms with Crippen LogP contribution in [0.3, 0.4) is 0 Å². The van der Waals surface area contributed by atoms with Crippen LogP contribution < -0.4 is 5.73 Å². The lowest BCUT2D eigenvalue weighted by atomic mass is 9.84. The van der Waals surface area contributed by atoms with E-state index < -0.39 is 12.0 Å². The Morgan fingerprint density at radius 1 is 1.44 bits per heavy atom. The van der Waals surface area contributed by atoms with E-state index in [4.69, 9.17) is 22.4 Å². The van der Waals surface area contributed by atoms with Crippen LogP contribution in [0.25, 0.3) is 0 Å². The zero-order chi connectivity index (χ0) is 14.1. The zero-order valence-electron chi connectivity index (χ0n) is 10.7. The molecule has 1 atom stereocenters. The van der Waals surface area contributed by atoms with Gasteiger partial charge in [0.25, 0.3) is 0 Å². The number of phenols is 1. The molecule has 1 aromatic carbocycles. The van der Waals surface area contributed by atoms with Crippen molar-refractivity contribution < 1.29 is 15.0 Å². The molecule has 0 fully saturated rings. The number of hydrogen-bond acceptors (Lipinski definition) is 3. The second kappa shape index (κ2) is 5.16. The van der Waals surface area contributed by atoms with Crippen molar-refractivity contribution >= 4 is 17.6 Å². The molecule has 0 saturated heterocycles. The van der Waals surface area contributed by atoms with Gasteiger partial charge in [0, 0.05) is 22.2 Å². The van der Waals surface area contributed by atoms with E-state index in [1.807, 2.05) is 20.8 Å². The second-order valence-corrected chi connectivity index (χ2v) is 5.78. The maximum absolute atomic E-state index is 10.7. The highest BCUT2D eigenvalue weighted by molar-refractivity contribution is 6.30. The van der Waals surface area contributed by atoms with Crippen LogP contribution >= 0.6 is 11.6 Å². The summed E-state index contributed by atoms with van der Waals surface area (Å²) in [6.45, 7) is 5.81. The molecule has 0 spiro atoms. The van der Waals surface area contributed by atoms with Gasteiger partial charge in [-0.05, 0) is 17.5 Å². The van der Waals surface area contributed by atoms with Crippen molar-refractivity contribution in [1.29, 1.82) is 0 Å². The Morgan fingerprint density at radius 3 is 2.44 bits per heavy atom. The fourth-order valence-electron chi connectivity index (χ4n) is 1.77. The fraction of sp³-hybridized carbons (Fsp3) is 0.462. The van der Waals surface area contributed by atoms with Gasteiger partial charge >= 0.3 is 5.97 Å². The van der Waals surface area contributed by atoms with Crippen LogP contribution in [0.4, 0.5) is 0 Å². The van der Waals surface area contributed by atoms with Crippen LogP contribution in [0.15, 0.2) is 12.1 Å². The summed E-state index contributed by atoms with van der Waals surface area (Å²) in [5.74, 6) is -0.986. The molecule has 0 amide bonds. The number of phenolic OH excluding ortho intramolecular Hbond substituents is 1. The van der Waals surface area contributed by atoms with Gasteiger partial charge in [-0.1, -0.05) is 32.4 Å². The number of rotatable bonds is 3. The molecule has 1 unspecified atom stereocenters. The van der Waals surface area contributed by atoms with Crippen LogP contribution in [0.1, 0.15) is 44.4 Å². The molecule has 18 heavy (non-hydrogen) atoms. The maximum atomic E-state index is 10.7. The summed E-state index contributed by atoms with van der Waals surface area (Å²) in [5.41, 5.74) is 6.51. The van der Waals surface area contributed by atoms with E-state index in [1.54, 1.807) is 6.07 Å². The van der Waals surface area contributed by atoms with Crippen molar-refractivity contribution in [2.45, 2.75) is 38.6 Å². The molecule has 5 heteroatoms. The maximum Gasteiger partial charge on any atom is 0.305 e. The fourth-order valence-corrected chi connectivity index (χ4v) is 2.00. The summed E-state index contributed by atoms with van der Waals surface area (Å²) >= 11 is 5.99. The molecule has 4 nitrogen and oxygen atoms in total. The summed E-state index contributed by atoms with van der Waals surface area (Å²) in [6, 6.07) is 2.41. The average molecular weight is 272 g/mol. The third kappa shape index (κ3) is 3.37. The Hall–Kier alpha value is -1.26. The topological polar surface area (TPSA) is 83.6 Å². The van der Waals surface area contributed by atoms with Crippen LogP contribution in [0.2, 0.25) is 5.02 Å². The third-order valence-electron chi connectivity index (χ3n) is 2.71. The Morgan fingerprint density at radius 2 is 2.00 bits per heavy atom. The van der Waals surface area contributed by atoms with Crippen molar-refractivity contribution in [2.24, 2.45) is 5.73 Å². The van der Waals surface area contributed by atoms with E-state index in [1.165, 1.54) is 6.07 Å². The Kier molecular flexibility index (Phi) is 4.24. The summed E-state index contributed by atoms with van der Waals surface area (Å²) in [5, 5.41) is 19.4. The predicted octanol–water partition coefficient (Wildman–Crippen LogP) is 2.82. The van der Waals surface area contributed by atoms with Gasteiger partial charge in [0.1, 0.15) is 5.75 Å². The molecule has 0 aromatic heterocycles. The molecule has 4 N–H and O–H groups in total. The highest BCUT2D eigenvalue weighted by atomic mass is 35.5. The minimum absolute atomic E-state index is 0.0284. The number of carbonyl (C=O) groups is 1. The zero-order valence-corrected chi connectivity index (χ0v) is 11.5. The van der Waals surface area contributed by atoms with Gasteiger partial charge in [-0.25, -0.2) is 0 Å². The summed E-state index contributed by atoms with van der Waals surface area (Å²) < 4.78 is 0. The van der Waals surface area contributed by atoms with E-state index in [9.17, 15) is 9.90 Å². The van der Waals surface area contributed by atoms with Gasteiger partial charge < -0.3 is 15.9 Å². The number of carboxylic acid groups (broad SMARTS) is 1. The van der Waals surface area contributed by atoms with E-state index in [0.717, 1.165) is 0 Å². The van der Waals surface area contributed by atoms with Gasteiger partial charge in [0.05, 0.1) is 6.42 Å². The number of aromatic hydroxyl groups is 1. The molecule has 1 aromatic rings. The molecular formula is C13H18ClNO3. The molecule has 0 heterocycles. The Labute approximate surface area is 111 Å². The first-order chi connectivity index (χ1) is 8.12. The van der Waals surface area contributed by atoms with Crippen LogP contribution in [-0.4, -0.2) is 16.2 Å². The molecule has 100 valence electrons. The monoisotopic (exact) mass is 271 g/mol. The average Bonchev–Trinajstić information content (AvgIpc) is 2.18. The molecule has 0 aliphatic carbocycles. The smallest absolute Gasteiger partial charge is 0.305 e. The van der Waals surface area contributed by atoms with Gasteiger partial charge in [-0.15, -0.1) is 0 Å². The molecule has 0 aliphatic rings. The van der Waals surface area contributed by atoms with Crippen LogP contribution in [0.5, 0.6) is 5.75 Å². The van der Waals surface area contributed by atoms with Crippen molar-refractivity contribution in [3.8, 4) is 5.75 Å². The van der Waals surface area contributed by atoms with E-state index in [-0.39, 0.29) is 17.6 Å². The Balaban J connectivity index is 3.29. The number of halogens is 1. The lowest BCUT2D eigenvalue weighted by Gasteiger charge is -2.24. The van der Waals surface area contributed by atoms with Gasteiger partial charge in [-0.2, -0.15) is 0 Å². The lowest BCUT2D eigenvalue weighted by molar-refractivity contribution is -0.137. The summed E-state index contributed by atoms with van der Waals surface area (Å²) in [7, 11) is 0. The molecular weight excluding hydrogens is 254 g/mol. The second-order valence-electron chi connectivity index (χ2n) is 5.35. The van der Waals surface area contributed by atoms with Crippen molar-refractivity contribution in [3.05, 3.63) is 28.3 Å². The lowest BCUT2D eigenvalue weighted by Crippen LogP contribution is -2.18. The van der Waals surface area contributed by atoms with Crippen LogP contribution in [-0.2, 0) is 10.2 Å². The first kappa shape index (κ1) is 14.8. The Bertz CT molecular complexity index is 466. The highest BCUT2D eigenvalue weighted by Crippen LogP contribution is 2.38. The molecule has 1 rings (SSSR count). The largest absolute Gasteiger partial charge is 0.507 e. The van der Waals surface area contributed by atoms with Gasteiger partial charge in [0.2, 0.25) is 0 Å². The van der Waals surface area contributed by atoms with Crippen molar-refractivity contribution in [2.75, 3.05) is 0 Å². The number of carboxylic acids is 1. The van der Waals surface area contributed by atoms with Gasteiger partial charge in [0.15, 0.2) is 0 Å². The molecule has 0 saturated carbocycles. The molecule has 0 aliphatic heterocycles. The number of hydrogen-bond donors (Lipinski definition) is 3. The predicted molar refractivity (Wildman–Crippen MR) is 71.0 cm³/mol. The van der Waals surface area contributed by atoms with Gasteiger partial charge in [-0.3, -0.25) is 4.79 Å². The molecule has 0 bridgehead atoms. The minimum Gasteiger partial charge on any atom is -0.507 e. The van der Waals surface area contributed by atoms with E-state index in [2.05, 4.69) is 0 Å². The van der Waals surface area contributed by atoms with Crippen LogP contribution in [0, 0.1) is 0 Å². The number of benzene rings is 1. The van der Waals surface area contributed by atoms with Crippen molar-refractivity contribution in [1.82, 2.24) is 0 Å². The quantitative estimate of drug-likeness (QED) is 0.789. The summed E-state index contributed by atoms with van der Waals surface area (Å²) in [4.78, 5) is 10.7.